The number of fused-ring (bicyclic) bond motifs is 1. The predicted octanol–water partition coefficient (Wildman–Crippen LogP) is 3.04. The first-order valence-corrected chi connectivity index (χ1v) is 10.3. The van der Waals surface area contributed by atoms with Gasteiger partial charge < -0.3 is 15.0 Å². The molecule has 5 rings (SSSR count). The lowest BCUT2D eigenvalue weighted by molar-refractivity contribution is 0.414. The van der Waals surface area contributed by atoms with Crippen LogP contribution in [0.4, 0.5) is 5.82 Å². The lowest BCUT2D eigenvalue weighted by Crippen LogP contribution is -2.24. The van der Waals surface area contributed by atoms with Gasteiger partial charge in [0, 0.05) is 43.5 Å². The second-order valence-corrected chi connectivity index (χ2v) is 8.06. The number of methoxy groups -OCH3 is 1. The number of anilines is 1. The topological polar surface area (TPSA) is 50.3 Å². The summed E-state index contributed by atoms with van der Waals surface area (Å²) in [7, 11) is 1.74. The molecule has 0 bridgehead atoms. The molecule has 0 radical (unpaired) electrons. The molecule has 0 amide bonds. The van der Waals surface area contributed by atoms with Crippen molar-refractivity contribution in [1.82, 2.24) is 15.3 Å². The lowest BCUT2D eigenvalue weighted by Gasteiger charge is -2.23. The Balaban J connectivity index is 1.45. The average Bonchev–Trinajstić information content (AvgIpc) is 3.48. The minimum atomic E-state index is 0.541. The summed E-state index contributed by atoms with van der Waals surface area (Å²) in [6, 6.07) is 8.55. The van der Waals surface area contributed by atoms with Crippen molar-refractivity contribution in [2.24, 2.45) is 0 Å². The second kappa shape index (κ2) is 7.12. The Morgan fingerprint density at radius 2 is 1.96 bits per heavy atom. The molecule has 1 aromatic carbocycles. The van der Waals surface area contributed by atoms with Crippen molar-refractivity contribution >= 4 is 5.82 Å². The summed E-state index contributed by atoms with van der Waals surface area (Å²) in [6.45, 7) is 4.16. The van der Waals surface area contributed by atoms with Gasteiger partial charge in [0.05, 0.1) is 12.8 Å². The van der Waals surface area contributed by atoms with Crippen LogP contribution in [0.5, 0.6) is 5.75 Å². The highest BCUT2D eigenvalue weighted by Crippen LogP contribution is 2.41. The van der Waals surface area contributed by atoms with Crippen LogP contribution in [0, 0.1) is 0 Å². The van der Waals surface area contributed by atoms with Crippen LogP contribution in [-0.2, 0) is 12.8 Å². The Morgan fingerprint density at radius 3 is 2.81 bits per heavy atom. The minimum absolute atomic E-state index is 0.541. The van der Waals surface area contributed by atoms with E-state index >= 15 is 0 Å². The van der Waals surface area contributed by atoms with Crippen molar-refractivity contribution in [3.8, 4) is 5.75 Å². The van der Waals surface area contributed by atoms with Crippen molar-refractivity contribution in [1.29, 1.82) is 0 Å². The van der Waals surface area contributed by atoms with E-state index in [9.17, 15) is 0 Å². The van der Waals surface area contributed by atoms with Gasteiger partial charge in [-0.3, -0.25) is 0 Å². The summed E-state index contributed by atoms with van der Waals surface area (Å²) in [4.78, 5) is 12.6. The van der Waals surface area contributed by atoms with E-state index in [0.29, 0.717) is 11.8 Å². The van der Waals surface area contributed by atoms with Crippen molar-refractivity contribution in [2.75, 3.05) is 38.2 Å². The van der Waals surface area contributed by atoms with Crippen molar-refractivity contribution in [3.63, 3.8) is 0 Å². The van der Waals surface area contributed by atoms with E-state index in [0.717, 1.165) is 50.6 Å². The molecule has 3 aliphatic rings. The monoisotopic (exact) mass is 364 g/mol. The van der Waals surface area contributed by atoms with E-state index in [-0.39, 0.29) is 0 Å². The Labute approximate surface area is 161 Å². The summed E-state index contributed by atoms with van der Waals surface area (Å²) in [5, 5.41) is 3.52. The number of rotatable bonds is 4. The molecule has 1 saturated carbocycles. The first-order chi connectivity index (χ1) is 13.3. The van der Waals surface area contributed by atoms with Gasteiger partial charge in [-0.2, -0.15) is 0 Å². The molecule has 1 atom stereocenters. The molecule has 1 N–H and O–H groups in total. The SMILES string of the molecule is COc1cccc(C2CCN(c3nc(C4CC4)nc4c3CCNCC4)C2)c1. The summed E-state index contributed by atoms with van der Waals surface area (Å²) in [5.74, 6) is 4.40. The maximum Gasteiger partial charge on any atom is 0.135 e. The summed E-state index contributed by atoms with van der Waals surface area (Å²) < 4.78 is 5.42. The van der Waals surface area contributed by atoms with Gasteiger partial charge in [-0.1, -0.05) is 12.1 Å². The Hall–Kier alpha value is -2.14. The molecule has 27 heavy (non-hydrogen) atoms. The average molecular weight is 364 g/mol. The van der Waals surface area contributed by atoms with E-state index in [1.54, 1.807) is 7.11 Å². The van der Waals surface area contributed by atoms with Crippen LogP contribution in [0.25, 0.3) is 0 Å². The van der Waals surface area contributed by atoms with E-state index in [1.165, 1.54) is 41.9 Å². The second-order valence-electron chi connectivity index (χ2n) is 8.06. The van der Waals surface area contributed by atoms with E-state index in [1.807, 2.05) is 6.07 Å². The minimum Gasteiger partial charge on any atom is -0.497 e. The van der Waals surface area contributed by atoms with Crippen molar-refractivity contribution in [2.45, 2.75) is 43.9 Å². The zero-order valence-electron chi connectivity index (χ0n) is 16.1. The predicted molar refractivity (Wildman–Crippen MR) is 107 cm³/mol. The molecular weight excluding hydrogens is 336 g/mol. The zero-order chi connectivity index (χ0) is 18.2. The number of hydrogen-bond donors (Lipinski definition) is 1. The molecule has 0 spiro atoms. The first-order valence-electron chi connectivity index (χ1n) is 10.3. The quantitative estimate of drug-likeness (QED) is 0.904. The molecule has 142 valence electrons. The Morgan fingerprint density at radius 1 is 1.07 bits per heavy atom. The van der Waals surface area contributed by atoms with Gasteiger partial charge in [-0.25, -0.2) is 9.97 Å². The smallest absolute Gasteiger partial charge is 0.135 e. The van der Waals surface area contributed by atoms with Gasteiger partial charge >= 0.3 is 0 Å². The zero-order valence-corrected chi connectivity index (χ0v) is 16.1. The molecule has 1 aromatic heterocycles. The third-order valence-corrected chi connectivity index (χ3v) is 6.17. The van der Waals surface area contributed by atoms with Crippen LogP contribution < -0.4 is 15.0 Å². The molecule has 2 aromatic rings. The van der Waals surface area contributed by atoms with Gasteiger partial charge in [0.15, 0.2) is 0 Å². The molecule has 3 heterocycles. The molecule has 5 nitrogen and oxygen atoms in total. The fourth-order valence-corrected chi connectivity index (χ4v) is 4.45. The highest BCUT2D eigenvalue weighted by Gasteiger charge is 2.32. The normalized spacial score (nSPS) is 22.4. The number of ether oxygens (including phenoxy) is 1. The number of nitrogens with one attached hydrogen (secondary N) is 1. The number of aromatic nitrogens is 2. The number of hydrogen-bond acceptors (Lipinski definition) is 5. The van der Waals surface area contributed by atoms with Crippen molar-refractivity contribution in [3.05, 3.63) is 46.9 Å². The summed E-state index contributed by atoms with van der Waals surface area (Å²) in [5.41, 5.74) is 4.05. The summed E-state index contributed by atoms with van der Waals surface area (Å²) in [6.07, 6.45) is 5.74. The molecule has 5 heteroatoms. The van der Waals surface area contributed by atoms with Crippen LogP contribution in [-0.4, -0.2) is 43.3 Å². The number of benzene rings is 1. The third kappa shape index (κ3) is 3.41. The molecule has 1 aliphatic carbocycles. The molecule has 2 fully saturated rings. The largest absolute Gasteiger partial charge is 0.497 e. The maximum absolute atomic E-state index is 5.42. The first kappa shape index (κ1) is 17.0. The molecule has 1 unspecified atom stereocenters. The molecule has 1 saturated heterocycles. The van der Waals surface area contributed by atoms with E-state index < -0.39 is 0 Å². The molecule has 2 aliphatic heterocycles. The standard InChI is InChI=1S/C22H28N4O/c1-27-18-4-2-3-16(13-18)17-9-12-26(14-17)22-19-7-10-23-11-8-20(19)24-21(25-22)15-5-6-15/h2-4,13,15,17,23H,5-12,14H2,1H3. The van der Waals surface area contributed by atoms with Gasteiger partial charge in [-0.05, 0) is 49.9 Å². The third-order valence-electron chi connectivity index (χ3n) is 6.17. The highest BCUT2D eigenvalue weighted by molar-refractivity contribution is 5.52. The Bertz CT molecular complexity index is 833. The van der Waals surface area contributed by atoms with Gasteiger partial charge in [0.25, 0.3) is 0 Å². The van der Waals surface area contributed by atoms with Crippen LogP contribution in [0.2, 0.25) is 0 Å². The highest BCUT2D eigenvalue weighted by atomic mass is 16.5. The van der Waals surface area contributed by atoms with Gasteiger partial charge in [0.2, 0.25) is 0 Å². The van der Waals surface area contributed by atoms with Crippen molar-refractivity contribution < 1.29 is 4.74 Å². The van der Waals surface area contributed by atoms with Crippen LogP contribution >= 0.6 is 0 Å². The summed E-state index contributed by atoms with van der Waals surface area (Å²) >= 11 is 0. The van der Waals surface area contributed by atoms with Gasteiger partial charge in [0.1, 0.15) is 17.4 Å². The van der Waals surface area contributed by atoms with Gasteiger partial charge in [-0.15, -0.1) is 0 Å². The molecular formula is C22H28N4O. The Kier molecular flexibility index (Phi) is 4.48. The van der Waals surface area contributed by atoms with Crippen LogP contribution in [0.15, 0.2) is 24.3 Å². The van der Waals surface area contributed by atoms with Crippen LogP contribution in [0.3, 0.4) is 0 Å². The van der Waals surface area contributed by atoms with E-state index in [2.05, 4.69) is 28.4 Å². The van der Waals surface area contributed by atoms with Crippen LogP contribution in [0.1, 0.15) is 53.7 Å². The fraction of sp³-hybridized carbons (Fsp3) is 0.545. The van der Waals surface area contributed by atoms with E-state index in [4.69, 9.17) is 14.7 Å². The lowest BCUT2D eigenvalue weighted by atomic mass is 9.98. The fourth-order valence-electron chi connectivity index (χ4n) is 4.45. The maximum atomic E-state index is 5.42. The number of nitrogens with zero attached hydrogens (tertiary/aromatic N) is 3.